The van der Waals surface area contributed by atoms with E-state index in [1.165, 1.54) is 5.56 Å². The minimum absolute atomic E-state index is 0.270. The van der Waals surface area contributed by atoms with Crippen LogP contribution in [0.2, 0.25) is 0 Å². The van der Waals surface area contributed by atoms with Crippen LogP contribution in [0.15, 0.2) is 24.5 Å². The van der Waals surface area contributed by atoms with E-state index in [0.717, 1.165) is 80.2 Å². The number of imidazole rings is 1. The zero-order valence-corrected chi connectivity index (χ0v) is 23.6. The Balaban J connectivity index is 1.29. The number of aromatic nitrogens is 4. The number of fused-ring (bicyclic) bond motifs is 2. The largest absolute Gasteiger partial charge is 0.454 e. The quantitative estimate of drug-likeness (QED) is 0.425. The van der Waals surface area contributed by atoms with Crippen LogP contribution >= 0.6 is 0 Å². The van der Waals surface area contributed by atoms with Crippen LogP contribution < -0.4 is 19.7 Å². The number of nitrogens with one attached hydrogen (secondary N) is 1. The maximum Gasteiger partial charge on any atom is 0.231 e. The van der Waals surface area contributed by atoms with Gasteiger partial charge in [-0.2, -0.15) is 9.97 Å². The molecule has 0 bridgehead atoms. The highest BCUT2D eigenvalue weighted by atomic mass is 16.7. The normalized spacial score (nSPS) is 16.1. The molecule has 0 radical (unpaired) electrons. The molecule has 1 saturated heterocycles. The van der Waals surface area contributed by atoms with E-state index in [1.54, 1.807) is 0 Å². The van der Waals surface area contributed by atoms with E-state index in [2.05, 4.69) is 78.3 Å². The van der Waals surface area contributed by atoms with Crippen LogP contribution in [-0.4, -0.2) is 87.5 Å². The Morgan fingerprint density at radius 3 is 2.39 bits per heavy atom. The second-order valence-corrected chi connectivity index (χ2v) is 11.1. The summed E-state index contributed by atoms with van der Waals surface area (Å²) >= 11 is 0. The van der Waals surface area contributed by atoms with Gasteiger partial charge in [-0.3, -0.25) is 9.80 Å². The lowest BCUT2D eigenvalue weighted by Crippen LogP contribution is -2.46. The van der Waals surface area contributed by atoms with Gasteiger partial charge in [-0.15, -0.1) is 0 Å². The Labute approximate surface area is 225 Å². The van der Waals surface area contributed by atoms with Crippen LogP contribution in [0.1, 0.15) is 53.1 Å². The van der Waals surface area contributed by atoms with E-state index in [0.29, 0.717) is 18.9 Å². The predicted molar refractivity (Wildman–Crippen MR) is 151 cm³/mol. The lowest BCUT2D eigenvalue weighted by Gasteiger charge is -2.35. The molecular formula is C28H42N8O2. The maximum absolute atomic E-state index is 5.55. The van der Waals surface area contributed by atoms with Crippen molar-refractivity contribution in [1.82, 2.24) is 29.3 Å². The van der Waals surface area contributed by atoms with E-state index in [9.17, 15) is 0 Å². The summed E-state index contributed by atoms with van der Waals surface area (Å²) in [5.41, 5.74) is 2.97. The Kier molecular flexibility index (Phi) is 7.90. The Morgan fingerprint density at radius 2 is 1.68 bits per heavy atom. The van der Waals surface area contributed by atoms with Crippen LogP contribution in [0, 0.1) is 0 Å². The molecule has 1 aromatic carbocycles. The van der Waals surface area contributed by atoms with Gasteiger partial charge in [-0.1, -0.05) is 6.07 Å². The van der Waals surface area contributed by atoms with E-state index >= 15 is 0 Å². The molecule has 0 atom stereocenters. The van der Waals surface area contributed by atoms with Crippen LogP contribution in [0.5, 0.6) is 11.5 Å². The van der Waals surface area contributed by atoms with Crippen molar-refractivity contribution in [3.05, 3.63) is 30.1 Å². The van der Waals surface area contributed by atoms with Crippen molar-refractivity contribution in [2.24, 2.45) is 0 Å². The second-order valence-electron chi connectivity index (χ2n) is 11.1. The van der Waals surface area contributed by atoms with E-state index in [1.807, 2.05) is 12.4 Å². The molecule has 0 aliphatic carbocycles. The average Bonchev–Trinajstić information content (AvgIpc) is 3.53. The zero-order valence-electron chi connectivity index (χ0n) is 23.6. The molecule has 2 aliphatic rings. The van der Waals surface area contributed by atoms with Crippen LogP contribution in [-0.2, 0) is 6.54 Å². The Bertz CT molecular complexity index is 1230. The lowest BCUT2D eigenvalue weighted by molar-refractivity contribution is 0.174. The van der Waals surface area contributed by atoms with E-state index < -0.39 is 0 Å². The Hall–Kier alpha value is -3.11. The third-order valence-electron chi connectivity index (χ3n) is 7.45. The fraction of sp³-hybridized carbons (Fsp3) is 0.607. The first kappa shape index (κ1) is 26.5. The number of ether oxygens (including phenoxy) is 2. The molecule has 0 spiro atoms. The standard InChI is InChI=1S/C28H42N8O2/c1-19(2)35(20(3)4)10-9-29-26-25-27(36(17-30-25)21(5)6)32-28(31-26)34-13-11-33(12-14-34)16-22-7-8-23-24(15-22)38-18-37-23/h7-8,15,17,19-21H,9-14,16,18H2,1-6H3,(H,29,31,32). The second kappa shape index (κ2) is 11.3. The number of rotatable bonds is 10. The van der Waals surface area contributed by atoms with Gasteiger partial charge >= 0.3 is 0 Å². The summed E-state index contributed by atoms with van der Waals surface area (Å²) in [5, 5.41) is 3.59. The minimum Gasteiger partial charge on any atom is -0.454 e. The molecule has 0 unspecified atom stereocenters. The summed E-state index contributed by atoms with van der Waals surface area (Å²) < 4.78 is 13.1. The van der Waals surface area contributed by atoms with E-state index in [-0.39, 0.29) is 6.04 Å². The third-order valence-corrected chi connectivity index (χ3v) is 7.45. The molecule has 2 aliphatic heterocycles. The molecule has 3 aromatic rings. The number of hydrogen-bond donors (Lipinski definition) is 1. The van der Waals surface area contributed by atoms with Crippen LogP contribution in [0.3, 0.4) is 0 Å². The van der Waals surface area contributed by atoms with Gasteiger partial charge in [0, 0.05) is 63.9 Å². The monoisotopic (exact) mass is 522 g/mol. The summed E-state index contributed by atoms with van der Waals surface area (Å²) in [6.07, 6.45) is 1.89. The molecule has 0 amide bonds. The maximum atomic E-state index is 5.55. The number of hydrogen-bond acceptors (Lipinski definition) is 9. The number of piperazine rings is 1. The van der Waals surface area contributed by atoms with Gasteiger partial charge in [-0.25, -0.2) is 4.98 Å². The SMILES string of the molecule is CC(C)N(CCNc1nc(N2CCN(Cc3ccc4c(c3)OCO4)CC2)nc2c1ncn2C(C)C)C(C)C. The van der Waals surface area contributed by atoms with Gasteiger partial charge in [0.1, 0.15) is 0 Å². The highest BCUT2D eigenvalue weighted by Crippen LogP contribution is 2.33. The molecule has 1 N–H and O–H groups in total. The number of anilines is 2. The van der Waals surface area contributed by atoms with Crippen molar-refractivity contribution in [1.29, 1.82) is 0 Å². The van der Waals surface area contributed by atoms with Gasteiger partial charge in [0.2, 0.25) is 12.7 Å². The minimum atomic E-state index is 0.270. The summed E-state index contributed by atoms with van der Waals surface area (Å²) in [4.78, 5) is 21.9. The fourth-order valence-electron chi connectivity index (χ4n) is 5.37. The van der Waals surface area contributed by atoms with Crippen molar-refractivity contribution < 1.29 is 9.47 Å². The Morgan fingerprint density at radius 1 is 0.947 bits per heavy atom. The van der Waals surface area contributed by atoms with Gasteiger partial charge in [0.15, 0.2) is 28.5 Å². The molecule has 5 rings (SSSR count). The summed E-state index contributed by atoms with van der Waals surface area (Å²) in [6, 6.07) is 7.48. The molecule has 0 saturated carbocycles. The van der Waals surface area contributed by atoms with Crippen molar-refractivity contribution in [2.75, 3.05) is 56.3 Å². The molecule has 4 heterocycles. The highest BCUT2D eigenvalue weighted by Gasteiger charge is 2.23. The topological polar surface area (TPSA) is 83.8 Å². The molecule has 38 heavy (non-hydrogen) atoms. The van der Waals surface area contributed by atoms with Crippen molar-refractivity contribution in [2.45, 2.75) is 66.2 Å². The van der Waals surface area contributed by atoms with Gasteiger partial charge < -0.3 is 24.3 Å². The predicted octanol–water partition coefficient (Wildman–Crippen LogP) is 3.99. The highest BCUT2D eigenvalue weighted by molar-refractivity contribution is 5.84. The van der Waals surface area contributed by atoms with Gasteiger partial charge in [-0.05, 0) is 59.2 Å². The van der Waals surface area contributed by atoms with Crippen LogP contribution in [0.4, 0.5) is 11.8 Å². The number of benzene rings is 1. The van der Waals surface area contributed by atoms with Gasteiger partial charge in [0.25, 0.3) is 0 Å². The summed E-state index contributed by atoms with van der Waals surface area (Å²) in [6.45, 7) is 19.9. The fourth-order valence-corrected chi connectivity index (χ4v) is 5.37. The first-order valence-electron chi connectivity index (χ1n) is 13.9. The van der Waals surface area contributed by atoms with Crippen LogP contribution in [0.25, 0.3) is 11.2 Å². The van der Waals surface area contributed by atoms with Crippen molar-refractivity contribution in [3.8, 4) is 11.5 Å². The van der Waals surface area contributed by atoms with E-state index in [4.69, 9.17) is 24.4 Å². The molecule has 1 fully saturated rings. The van der Waals surface area contributed by atoms with Crippen molar-refractivity contribution >= 4 is 22.9 Å². The zero-order chi connectivity index (χ0) is 26.8. The molecule has 206 valence electrons. The summed E-state index contributed by atoms with van der Waals surface area (Å²) in [7, 11) is 0. The van der Waals surface area contributed by atoms with Crippen molar-refractivity contribution in [3.63, 3.8) is 0 Å². The molecule has 2 aromatic heterocycles. The van der Waals surface area contributed by atoms with Gasteiger partial charge in [0.05, 0.1) is 6.33 Å². The smallest absolute Gasteiger partial charge is 0.231 e. The third kappa shape index (κ3) is 5.66. The first-order chi connectivity index (χ1) is 18.3. The summed E-state index contributed by atoms with van der Waals surface area (Å²) in [5.74, 6) is 3.26. The molecule has 10 nitrogen and oxygen atoms in total. The first-order valence-corrected chi connectivity index (χ1v) is 13.9. The number of nitrogens with zero attached hydrogens (tertiary/aromatic N) is 7. The molecular weight excluding hydrogens is 480 g/mol. The lowest BCUT2D eigenvalue weighted by atomic mass is 10.1. The molecule has 10 heteroatoms. The average molecular weight is 523 g/mol.